The molecule has 11 heteroatoms. The van der Waals surface area contributed by atoms with Crippen molar-refractivity contribution in [1.82, 2.24) is 9.80 Å². The summed E-state index contributed by atoms with van der Waals surface area (Å²) in [6, 6.07) is 0. The molecule has 0 saturated carbocycles. The van der Waals surface area contributed by atoms with E-state index in [2.05, 4.69) is 85.1 Å². The average molecular weight is 909 g/mol. The summed E-state index contributed by atoms with van der Waals surface area (Å²) in [6.45, 7) is 48.2. The van der Waals surface area contributed by atoms with E-state index in [1.165, 1.54) is 29.9 Å². The number of nitrogens with zero attached hydrogens (tertiary/aromatic N) is 4. The standard InChI is InChI=1S/C9H14O.C9H16.C8H11NO2.C8H13NO.C7H12NO.C7H13N.CH4.2V/c1-9(2,3)7-4-5-8(10)6-7;1-9(2,3)8-6-4-5-7-8;1-8(2,3)9-6(10)4-5-7(9)11;1-8(2,3)9-6-4-5-7(9)10;1-5-6(9)8-7(2,3)4;1-5-6-8-7(2,3)4;;;/h4-5,7H,6H2,1-3H3;4,6,8H,5,7H2,1-3H3;4-5H,1-3H3;4-5H,6H2,1-3H3;1,5H,2-4H3,(H,8,9);1,5H,6H2,2-4H3;1H4;;/q;;;;-1;-2;;2*+2/p-1. The Bertz CT molecular complexity index is 1450. The first kappa shape index (κ1) is 66.4. The van der Waals surface area contributed by atoms with Gasteiger partial charge in [0, 0.05) is 42.3 Å². The van der Waals surface area contributed by atoms with Crippen LogP contribution in [-0.2, 0) is 61.1 Å². The third kappa shape index (κ3) is 31.2. The van der Waals surface area contributed by atoms with Gasteiger partial charge in [-0.1, -0.05) is 121 Å². The zero-order valence-corrected chi connectivity index (χ0v) is 42.6. The maximum absolute atomic E-state index is 11.1. The molecule has 4 rings (SSSR count). The van der Waals surface area contributed by atoms with Gasteiger partial charge in [0.1, 0.15) is 0 Å². The van der Waals surface area contributed by atoms with Crippen LogP contribution < -0.4 is 0 Å². The van der Waals surface area contributed by atoms with Crippen molar-refractivity contribution in [1.29, 1.82) is 0 Å². The van der Waals surface area contributed by atoms with E-state index in [1.807, 2.05) is 79.4 Å². The van der Waals surface area contributed by atoms with Crippen LogP contribution in [0.3, 0.4) is 0 Å². The maximum atomic E-state index is 11.1. The fourth-order valence-corrected chi connectivity index (χ4v) is 5.32. The van der Waals surface area contributed by atoms with E-state index >= 15 is 0 Å². The van der Waals surface area contributed by atoms with E-state index in [-0.39, 0.29) is 96.0 Å². The molecule has 9 nitrogen and oxygen atoms in total. The molecule has 338 valence electrons. The first-order chi connectivity index (χ1) is 25.6. The van der Waals surface area contributed by atoms with E-state index in [9.17, 15) is 24.0 Å². The van der Waals surface area contributed by atoms with Crippen molar-refractivity contribution in [3.63, 3.8) is 0 Å². The normalized spacial score (nSPS) is 18.0. The number of rotatable bonds is 3. The summed E-state index contributed by atoms with van der Waals surface area (Å²) < 4.78 is 0. The number of carbonyl (C=O) groups is 5. The monoisotopic (exact) mass is 909 g/mol. The van der Waals surface area contributed by atoms with Gasteiger partial charge in [-0.25, -0.2) is 6.08 Å². The van der Waals surface area contributed by atoms with Gasteiger partial charge >= 0.3 is 37.1 Å². The third-order valence-corrected chi connectivity index (χ3v) is 8.54. The van der Waals surface area contributed by atoms with Crippen LogP contribution in [0.5, 0.6) is 0 Å². The van der Waals surface area contributed by atoms with Crippen LogP contribution in [0.15, 0.2) is 60.8 Å². The van der Waals surface area contributed by atoms with Crippen LogP contribution in [0.4, 0.5) is 0 Å². The zero-order valence-electron chi connectivity index (χ0n) is 39.8. The van der Waals surface area contributed by atoms with Gasteiger partial charge in [0.25, 0.3) is 11.8 Å². The van der Waals surface area contributed by atoms with Gasteiger partial charge in [0.2, 0.25) is 5.91 Å². The molecule has 2 aliphatic carbocycles. The predicted octanol–water partition coefficient (Wildman–Crippen LogP) is 11.5. The van der Waals surface area contributed by atoms with Crippen LogP contribution in [0.2, 0.25) is 0 Å². The van der Waals surface area contributed by atoms with Crippen molar-refractivity contribution in [3.8, 4) is 0 Å². The Kier molecular flexibility index (Phi) is 31.9. The third-order valence-electron chi connectivity index (χ3n) is 8.54. The van der Waals surface area contributed by atoms with Gasteiger partial charge in [-0.05, 0) is 83.1 Å². The van der Waals surface area contributed by atoms with E-state index in [4.69, 9.17) is 13.2 Å². The van der Waals surface area contributed by atoms with Gasteiger partial charge < -0.3 is 26.9 Å². The Morgan fingerprint density at radius 3 is 1.32 bits per heavy atom. The maximum Gasteiger partial charge on any atom is 2.00 e. The van der Waals surface area contributed by atoms with Crippen molar-refractivity contribution < 1.29 is 61.1 Å². The number of amides is 4. The van der Waals surface area contributed by atoms with E-state index in [1.54, 1.807) is 18.2 Å². The molecule has 4 amide bonds. The van der Waals surface area contributed by atoms with Gasteiger partial charge in [-0.3, -0.25) is 36.7 Å². The summed E-state index contributed by atoms with van der Waals surface area (Å²) in [5, 5.41) is 7.90. The fraction of sp³-hybridized carbons (Fsp3) is 0.653. The second-order valence-corrected chi connectivity index (χ2v) is 20.6. The molecule has 0 fully saturated rings. The summed E-state index contributed by atoms with van der Waals surface area (Å²) in [6.07, 6.45) is 20.4. The summed E-state index contributed by atoms with van der Waals surface area (Å²) in [5.74, 6) is 0.900. The fourth-order valence-electron chi connectivity index (χ4n) is 5.32. The van der Waals surface area contributed by atoms with Crippen molar-refractivity contribution >= 4 is 29.4 Å². The Labute approximate surface area is 392 Å². The Hall–Kier alpha value is -2.68. The van der Waals surface area contributed by atoms with Gasteiger partial charge in [0.05, 0.1) is 0 Å². The molecular formula is C49H82N4O5V2. The Morgan fingerprint density at radius 1 is 0.667 bits per heavy atom. The summed E-state index contributed by atoms with van der Waals surface area (Å²) in [5.41, 5.74) is 0.0662. The Morgan fingerprint density at radius 2 is 1.15 bits per heavy atom. The molecule has 0 aromatic heterocycles. The van der Waals surface area contributed by atoms with Crippen LogP contribution in [0.25, 0.3) is 10.6 Å². The molecule has 2 aliphatic heterocycles. The molecule has 0 aromatic rings. The largest absolute Gasteiger partial charge is 2.00 e. The minimum atomic E-state index is -0.405. The molecule has 60 heavy (non-hydrogen) atoms. The van der Waals surface area contributed by atoms with Crippen LogP contribution in [0, 0.1) is 35.8 Å². The second-order valence-electron chi connectivity index (χ2n) is 20.6. The van der Waals surface area contributed by atoms with Crippen LogP contribution >= 0.6 is 0 Å². The van der Waals surface area contributed by atoms with Crippen molar-refractivity contribution in [3.05, 3.63) is 84.6 Å². The van der Waals surface area contributed by atoms with E-state index in [0.29, 0.717) is 24.3 Å². The van der Waals surface area contributed by atoms with Crippen molar-refractivity contribution in [2.75, 3.05) is 13.1 Å². The first-order valence-electron chi connectivity index (χ1n) is 20.0. The molecule has 0 aromatic carbocycles. The SMILES string of the molecule is C.CC(C)(C)C1C=CC(=O)C1.CC(C)(C)C1C=CCC1.CC(C)(C)N1C(=O)C=CC1=O.CC(C)(C)N1CC=CC1=O.[CH-]=CC(=O)[N-]C(C)(C)C.[CH-]=CC[N-]C(C)(C)C.[V+2].[V+2]. The molecule has 2 heterocycles. The number of allylic oxidation sites excluding steroid dienone is 4. The molecule has 0 saturated heterocycles. The van der Waals surface area contributed by atoms with Crippen molar-refractivity contribution in [2.45, 2.75) is 173 Å². The average Bonchev–Trinajstić information content (AvgIpc) is 3.84. The summed E-state index contributed by atoms with van der Waals surface area (Å²) in [7, 11) is 0. The van der Waals surface area contributed by atoms with Gasteiger partial charge in [-0.15, -0.1) is 11.1 Å². The number of ketones is 1. The topological polar surface area (TPSA) is 120 Å². The smallest absolute Gasteiger partial charge is 0.733 e. The zero-order chi connectivity index (χ0) is 45.2. The molecule has 2 atom stereocenters. The minimum absolute atomic E-state index is 0. The first-order valence-corrected chi connectivity index (χ1v) is 20.0. The molecule has 0 bridgehead atoms. The summed E-state index contributed by atoms with van der Waals surface area (Å²) in [4.78, 5) is 57.5. The molecule has 4 aliphatic rings. The Balaban J connectivity index is -0.000000200. The second kappa shape index (κ2) is 28.8. The minimum Gasteiger partial charge on any atom is -0.733 e. The van der Waals surface area contributed by atoms with Crippen LogP contribution in [0.1, 0.15) is 151 Å². The molecule has 0 spiro atoms. The molecule has 2 unspecified atom stereocenters. The van der Waals surface area contributed by atoms with Gasteiger partial charge in [0.15, 0.2) is 5.78 Å². The van der Waals surface area contributed by atoms with Gasteiger partial charge in [-0.2, -0.15) is 6.54 Å². The van der Waals surface area contributed by atoms with Crippen molar-refractivity contribution in [2.24, 2.45) is 22.7 Å². The molecule has 0 N–H and O–H groups in total. The van der Waals surface area contributed by atoms with E-state index in [0.717, 1.165) is 18.5 Å². The number of imide groups is 1. The molecule has 2 radical (unpaired) electrons. The summed E-state index contributed by atoms with van der Waals surface area (Å²) >= 11 is 0. The molecular weight excluding hydrogens is 826 g/mol. The quantitative estimate of drug-likeness (QED) is 0.121. The number of hydrogen-bond acceptors (Lipinski definition) is 5. The number of carbonyl (C=O) groups excluding carboxylic acids is 5. The predicted molar refractivity (Wildman–Crippen MR) is 245 cm³/mol. The number of hydrogen-bond donors (Lipinski definition) is 0. The van der Waals surface area contributed by atoms with E-state index < -0.39 is 5.54 Å². The van der Waals surface area contributed by atoms with Crippen LogP contribution in [-0.4, -0.2) is 74.5 Å².